The maximum Gasteiger partial charge on any atom is 0.320 e. The maximum absolute atomic E-state index is 13.4. The average molecular weight is 526 g/mol. The van der Waals surface area contributed by atoms with Crippen LogP contribution in [0.3, 0.4) is 0 Å². The molecular weight excluding hydrogens is 494 g/mol. The van der Waals surface area contributed by atoms with Gasteiger partial charge in [-0.3, -0.25) is 4.79 Å². The molecule has 0 radical (unpaired) electrons. The third kappa shape index (κ3) is 4.69. The van der Waals surface area contributed by atoms with Crippen LogP contribution in [-0.2, 0) is 0 Å². The Morgan fingerprint density at radius 2 is 1.83 bits per heavy atom. The van der Waals surface area contributed by atoms with E-state index in [0.717, 1.165) is 39.2 Å². The number of hydrogen-bond acceptors (Lipinski definition) is 8. The van der Waals surface area contributed by atoms with E-state index in [0.29, 0.717) is 37.6 Å². The van der Waals surface area contributed by atoms with Crippen molar-refractivity contribution in [2.45, 2.75) is 52.6 Å². The van der Waals surface area contributed by atoms with E-state index in [-0.39, 0.29) is 24.0 Å². The molecule has 3 amide bonds. The van der Waals surface area contributed by atoms with Crippen LogP contribution in [0.1, 0.15) is 47.7 Å². The molecule has 2 atom stereocenters. The quantitative estimate of drug-likeness (QED) is 0.498. The molecule has 3 aromatic heterocycles. The highest BCUT2D eigenvalue weighted by molar-refractivity contribution is 7.16. The zero-order valence-electron chi connectivity index (χ0n) is 21.0. The molecule has 0 aliphatic carbocycles. The Kier molecular flexibility index (Phi) is 6.94. The summed E-state index contributed by atoms with van der Waals surface area (Å²) in [4.78, 5) is 46.7. The molecule has 0 spiro atoms. The van der Waals surface area contributed by atoms with Crippen molar-refractivity contribution in [1.82, 2.24) is 29.7 Å². The SMILES string of the molecule is CCN(CC)C(=O)N1C[C@H]2CC[C@@H](C1)N2C(=O)c1ccc(Nc2nc(-c3sc(C)nc3C)cs2)nc1. The van der Waals surface area contributed by atoms with Gasteiger partial charge in [-0.05, 0) is 52.7 Å². The zero-order chi connectivity index (χ0) is 25.4. The van der Waals surface area contributed by atoms with Crippen LogP contribution in [0.4, 0.5) is 15.7 Å². The molecule has 36 heavy (non-hydrogen) atoms. The molecule has 2 aliphatic rings. The summed E-state index contributed by atoms with van der Waals surface area (Å²) in [5, 5.41) is 7.03. The summed E-state index contributed by atoms with van der Waals surface area (Å²) in [6.45, 7) is 10.6. The summed E-state index contributed by atoms with van der Waals surface area (Å²) < 4.78 is 0. The molecule has 5 rings (SSSR count). The molecule has 190 valence electrons. The van der Waals surface area contributed by atoms with E-state index in [4.69, 9.17) is 0 Å². The zero-order valence-corrected chi connectivity index (χ0v) is 22.7. The molecule has 0 saturated carbocycles. The van der Waals surface area contributed by atoms with Crippen LogP contribution in [0.2, 0.25) is 0 Å². The van der Waals surface area contributed by atoms with Gasteiger partial charge in [0.1, 0.15) is 5.82 Å². The standard InChI is InChI=1S/C25H31N7O2S2/c1-5-30(6-2)25(34)31-12-18-8-9-19(13-31)32(18)23(33)17-7-10-21(26-11-17)29-24-28-20(14-35-24)22-15(3)27-16(4)36-22/h7,10-11,14,18-19H,5-6,8-9,12-13H2,1-4H3,(H,26,28,29)/t18-,19+. The van der Waals surface area contributed by atoms with Gasteiger partial charge in [-0.15, -0.1) is 22.7 Å². The molecule has 5 heterocycles. The minimum absolute atomic E-state index is 0.0101. The molecule has 2 fully saturated rings. The van der Waals surface area contributed by atoms with Gasteiger partial charge in [0.15, 0.2) is 5.13 Å². The summed E-state index contributed by atoms with van der Waals surface area (Å²) >= 11 is 3.15. The number of carbonyl (C=O) groups is 2. The molecule has 2 aliphatic heterocycles. The van der Waals surface area contributed by atoms with E-state index in [1.165, 1.54) is 11.3 Å². The fourth-order valence-corrected chi connectivity index (χ4v) is 6.81. The second-order valence-electron chi connectivity index (χ2n) is 9.20. The lowest BCUT2D eigenvalue weighted by Crippen LogP contribution is -2.59. The molecule has 11 heteroatoms. The van der Waals surface area contributed by atoms with Crippen molar-refractivity contribution in [3.05, 3.63) is 40.0 Å². The third-order valence-electron chi connectivity index (χ3n) is 6.91. The van der Waals surface area contributed by atoms with E-state index >= 15 is 0 Å². The Morgan fingerprint density at radius 3 is 2.42 bits per heavy atom. The number of piperazine rings is 1. The van der Waals surface area contributed by atoms with Crippen molar-refractivity contribution in [1.29, 1.82) is 0 Å². The number of aromatic nitrogens is 3. The van der Waals surface area contributed by atoms with Crippen molar-refractivity contribution in [3.8, 4) is 10.6 Å². The lowest BCUT2D eigenvalue weighted by atomic mass is 10.1. The number of urea groups is 1. The van der Waals surface area contributed by atoms with Crippen LogP contribution in [0.25, 0.3) is 10.6 Å². The van der Waals surface area contributed by atoms with Crippen LogP contribution < -0.4 is 5.32 Å². The summed E-state index contributed by atoms with van der Waals surface area (Å²) in [5.74, 6) is 0.631. The summed E-state index contributed by atoms with van der Waals surface area (Å²) in [6, 6.07) is 3.82. The smallest absolute Gasteiger partial charge is 0.320 e. The van der Waals surface area contributed by atoms with Gasteiger partial charge in [0.25, 0.3) is 5.91 Å². The van der Waals surface area contributed by atoms with Crippen LogP contribution in [-0.4, -0.2) is 79.9 Å². The van der Waals surface area contributed by atoms with Crippen LogP contribution in [0.5, 0.6) is 0 Å². The molecule has 2 saturated heterocycles. The molecule has 1 N–H and O–H groups in total. The number of aryl methyl sites for hydroxylation is 2. The van der Waals surface area contributed by atoms with E-state index in [1.54, 1.807) is 17.5 Å². The highest BCUT2D eigenvalue weighted by Crippen LogP contribution is 2.34. The van der Waals surface area contributed by atoms with Crippen molar-refractivity contribution >= 4 is 45.6 Å². The molecule has 0 unspecified atom stereocenters. The number of thiazole rings is 2. The van der Waals surface area contributed by atoms with Crippen LogP contribution >= 0.6 is 22.7 Å². The van der Waals surface area contributed by atoms with Gasteiger partial charge < -0.3 is 20.0 Å². The number of nitrogens with zero attached hydrogens (tertiary/aromatic N) is 6. The summed E-state index contributed by atoms with van der Waals surface area (Å²) in [7, 11) is 0. The number of nitrogens with one attached hydrogen (secondary N) is 1. The number of carbonyl (C=O) groups excluding carboxylic acids is 2. The molecule has 3 aromatic rings. The number of anilines is 2. The number of likely N-dealkylation sites (tertiary alicyclic amines) is 1. The largest absolute Gasteiger partial charge is 0.329 e. The van der Waals surface area contributed by atoms with E-state index in [1.807, 2.05) is 59.9 Å². The fourth-order valence-electron chi connectivity index (χ4n) is 5.14. The van der Waals surface area contributed by atoms with Gasteiger partial charge in [0, 0.05) is 37.8 Å². The Balaban J connectivity index is 1.23. The molecular formula is C25H31N7O2S2. The van der Waals surface area contributed by atoms with Gasteiger partial charge in [0.05, 0.1) is 38.9 Å². The van der Waals surface area contributed by atoms with Crippen molar-refractivity contribution in [2.75, 3.05) is 31.5 Å². The average Bonchev–Trinajstić information content (AvgIpc) is 3.54. The van der Waals surface area contributed by atoms with Gasteiger partial charge in [-0.25, -0.2) is 19.7 Å². The number of amides is 3. The van der Waals surface area contributed by atoms with Crippen LogP contribution in [0.15, 0.2) is 23.7 Å². The molecule has 9 nitrogen and oxygen atoms in total. The maximum atomic E-state index is 13.4. The van der Waals surface area contributed by atoms with E-state index in [9.17, 15) is 9.59 Å². The van der Waals surface area contributed by atoms with Crippen LogP contribution in [0, 0.1) is 13.8 Å². The first-order valence-electron chi connectivity index (χ1n) is 12.4. The predicted molar refractivity (Wildman–Crippen MR) is 143 cm³/mol. The minimum atomic E-state index is -0.0101. The number of fused-ring (bicyclic) bond motifs is 2. The number of pyridine rings is 1. The Hall–Kier alpha value is -3.05. The topological polar surface area (TPSA) is 94.6 Å². The first kappa shape index (κ1) is 24.6. The monoisotopic (exact) mass is 525 g/mol. The summed E-state index contributed by atoms with van der Waals surface area (Å²) in [5.41, 5.74) is 2.46. The first-order chi connectivity index (χ1) is 17.4. The van der Waals surface area contributed by atoms with Gasteiger partial charge in [-0.1, -0.05) is 0 Å². The Morgan fingerprint density at radius 1 is 1.11 bits per heavy atom. The number of hydrogen-bond donors (Lipinski definition) is 1. The lowest BCUT2D eigenvalue weighted by Gasteiger charge is -2.42. The Labute approximate surface area is 219 Å². The van der Waals surface area contributed by atoms with E-state index < -0.39 is 0 Å². The van der Waals surface area contributed by atoms with Crippen molar-refractivity contribution in [2.24, 2.45) is 0 Å². The number of rotatable bonds is 6. The minimum Gasteiger partial charge on any atom is -0.329 e. The van der Waals surface area contributed by atoms with Crippen molar-refractivity contribution in [3.63, 3.8) is 0 Å². The summed E-state index contributed by atoms with van der Waals surface area (Å²) in [6.07, 6.45) is 3.48. The van der Waals surface area contributed by atoms with Crippen molar-refractivity contribution < 1.29 is 9.59 Å². The highest BCUT2D eigenvalue weighted by Gasteiger charge is 2.44. The normalized spacial score (nSPS) is 19.0. The second kappa shape index (κ2) is 10.1. The van der Waals surface area contributed by atoms with E-state index in [2.05, 4.69) is 20.3 Å². The molecule has 0 aromatic carbocycles. The third-order valence-corrected chi connectivity index (χ3v) is 8.76. The molecule has 2 bridgehead atoms. The lowest BCUT2D eigenvalue weighted by molar-refractivity contribution is 0.0445. The Bertz CT molecular complexity index is 1240. The van der Waals surface area contributed by atoms with Gasteiger partial charge in [0.2, 0.25) is 0 Å². The first-order valence-corrected chi connectivity index (χ1v) is 14.1. The fraction of sp³-hybridized carbons (Fsp3) is 0.480. The van der Waals surface area contributed by atoms with Gasteiger partial charge >= 0.3 is 6.03 Å². The highest BCUT2D eigenvalue weighted by atomic mass is 32.1. The predicted octanol–water partition coefficient (Wildman–Crippen LogP) is 4.77. The second-order valence-corrected chi connectivity index (χ2v) is 11.3. The van der Waals surface area contributed by atoms with Gasteiger partial charge in [-0.2, -0.15) is 0 Å².